The van der Waals surface area contributed by atoms with Crippen LogP contribution in [0.3, 0.4) is 0 Å². The summed E-state index contributed by atoms with van der Waals surface area (Å²) in [7, 11) is 0. The molecule has 0 radical (unpaired) electrons. The highest BCUT2D eigenvalue weighted by Gasteiger charge is 2.23. The number of hydrogen-bond acceptors (Lipinski definition) is 3. The van der Waals surface area contributed by atoms with E-state index in [1.807, 2.05) is 24.4 Å². The number of carbonyl (C=O) groups excluding carboxylic acids is 1. The van der Waals surface area contributed by atoms with Crippen molar-refractivity contribution in [3.05, 3.63) is 77.5 Å². The van der Waals surface area contributed by atoms with Gasteiger partial charge >= 0.3 is 0 Å². The van der Waals surface area contributed by atoms with E-state index in [1.54, 1.807) is 16.9 Å². The van der Waals surface area contributed by atoms with Crippen molar-refractivity contribution in [2.24, 2.45) is 0 Å². The summed E-state index contributed by atoms with van der Waals surface area (Å²) in [6.45, 7) is 0.520. The Kier molecular flexibility index (Phi) is 3.91. The predicted octanol–water partition coefficient (Wildman–Crippen LogP) is 3.33. The second kappa shape index (κ2) is 6.35. The molecular formula is C19H19N3O2. The number of rotatable bonds is 4. The summed E-state index contributed by atoms with van der Waals surface area (Å²) in [4.78, 5) is 12.5. The number of nitrogens with zero attached hydrogens (tertiary/aromatic N) is 2. The number of nitrogens with one attached hydrogen (secondary N) is 1. The van der Waals surface area contributed by atoms with E-state index in [0.717, 1.165) is 19.3 Å². The van der Waals surface area contributed by atoms with E-state index in [2.05, 4.69) is 28.6 Å². The minimum Gasteiger partial charge on any atom is -0.454 e. The maximum absolute atomic E-state index is 12.5. The molecule has 1 N–H and O–H groups in total. The lowest BCUT2D eigenvalue weighted by Crippen LogP contribution is -2.30. The lowest BCUT2D eigenvalue weighted by atomic mass is 9.88. The molecule has 2 heterocycles. The fourth-order valence-electron chi connectivity index (χ4n) is 3.27. The fourth-order valence-corrected chi connectivity index (χ4v) is 3.27. The Bertz CT molecular complexity index is 836. The maximum Gasteiger partial charge on any atom is 0.287 e. The third-order valence-electron chi connectivity index (χ3n) is 4.44. The van der Waals surface area contributed by atoms with Crippen molar-refractivity contribution < 1.29 is 9.21 Å². The molecule has 5 nitrogen and oxygen atoms in total. The van der Waals surface area contributed by atoms with Crippen molar-refractivity contribution in [3.63, 3.8) is 0 Å². The Labute approximate surface area is 140 Å². The van der Waals surface area contributed by atoms with Gasteiger partial charge < -0.3 is 9.73 Å². The van der Waals surface area contributed by atoms with E-state index in [1.165, 1.54) is 11.1 Å². The zero-order chi connectivity index (χ0) is 16.4. The molecule has 2 aromatic heterocycles. The molecule has 3 aromatic rings. The van der Waals surface area contributed by atoms with Crippen molar-refractivity contribution in [3.8, 4) is 0 Å². The number of aryl methyl sites for hydroxylation is 1. The van der Waals surface area contributed by atoms with Crippen LogP contribution >= 0.6 is 0 Å². The van der Waals surface area contributed by atoms with Crippen molar-refractivity contribution in [2.75, 3.05) is 0 Å². The second-order valence-corrected chi connectivity index (χ2v) is 6.09. The predicted molar refractivity (Wildman–Crippen MR) is 89.6 cm³/mol. The number of carbonyl (C=O) groups is 1. The van der Waals surface area contributed by atoms with Crippen LogP contribution in [0, 0.1) is 0 Å². The van der Waals surface area contributed by atoms with Gasteiger partial charge in [-0.25, -0.2) is 0 Å². The molecular weight excluding hydrogens is 302 g/mol. The number of furan rings is 1. The molecule has 0 aliphatic heterocycles. The smallest absolute Gasteiger partial charge is 0.287 e. The van der Waals surface area contributed by atoms with Gasteiger partial charge in [-0.2, -0.15) is 5.10 Å². The van der Waals surface area contributed by atoms with Crippen molar-refractivity contribution in [1.82, 2.24) is 15.1 Å². The second-order valence-electron chi connectivity index (χ2n) is 6.09. The molecule has 24 heavy (non-hydrogen) atoms. The Morgan fingerprint density at radius 1 is 1.25 bits per heavy atom. The van der Waals surface area contributed by atoms with E-state index in [4.69, 9.17) is 4.42 Å². The van der Waals surface area contributed by atoms with Gasteiger partial charge in [-0.05, 0) is 48.6 Å². The highest BCUT2D eigenvalue weighted by atomic mass is 16.4. The highest BCUT2D eigenvalue weighted by Crippen LogP contribution is 2.29. The van der Waals surface area contributed by atoms with Crippen LogP contribution in [-0.2, 0) is 13.0 Å². The van der Waals surface area contributed by atoms with Crippen LogP contribution in [0.25, 0.3) is 0 Å². The molecule has 4 rings (SSSR count). The summed E-state index contributed by atoms with van der Waals surface area (Å²) >= 11 is 0. The van der Waals surface area contributed by atoms with Crippen LogP contribution < -0.4 is 5.32 Å². The summed E-state index contributed by atoms with van der Waals surface area (Å²) in [5.41, 5.74) is 2.55. The van der Waals surface area contributed by atoms with Gasteiger partial charge in [-0.3, -0.25) is 9.48 Å². The van der Waals surface area contributed by atoms with Crippen LogP contribution in [0.15, 0.2) is 59.3 Å². The average Bonchev–Trinajstić information content (AvgIpc) is 3.28. The minimum absolute atomic E-state index is 0.0575. The first-order valence-electron chi connectivity index (χ1n) is 8.24. The molecule has 1 unspecified atom stereocenters. The monoisotopic (exact) mass is 321 g/mol. The molecule has 0 saturated carbocycles. The van der Waals surface area contributed by atoms with E-state index < -0.39 is 0 Å². The first-order valence-corrected chi connectivity index (χ1v) is 8.24. The van der Waals surface area contributed by atoms with Crippen LogP contribution in [-0.4, -0.2) is 15.7 Å². The topological polar surface area (TPSA) is 60.1 Å². The molecule has 1 aromatic carbocycles. The average molecular weight is 321 g/mol. The molecule has 5 heteroatoms. The van der Waals surface area contributed by atoms with Gasteiger partial charge in [0.05, 0.1) is 12.6 Å². The number of hydrogen-bond donors (Lipinski definition) is 1. The molecule has 1 aliphatic rings. The van der Waals surface area contributed by atoms with Crippen LogP contribution in [0.5, 0.6) is 0 Å². The summed E-state index contributed by atoms with van der Waals surface area (Å²) in [5, 5.41) is 7.25. The lowest BCUT2D eigenvalue weighted by Gasteiger charge is -2.25. The van der Waals surface area contributed by atoms with Gasteiger partial charge in [-0.15, -0.1) is 0 Å². The van der Waals surface area contributed by atoms with E-state index in [9.17, 15) is 4.79 Å². The zero-order valence-electron chi connectivity index (χ0n) is 13.3. The molecule has 1 amide bonds. The largest absolute Gasteiger partial charge is 0.454 e. The summed E-state index contributed by atoms with van der Waals surface area (Å²) in [6.07, 6.45) is 6.71. The van der Waals surface area contributed by atoms with E-state index in [-0.39, 0.29) is 11.9 Å². The lowest BCUT2D eigenvalue weighted by molar-refractivity contribution is 0.0902. The molecule has 1 aliphatic carbocycles. The summed E-state index contributed by atoms with van der Waals surface area (Å²) < 4.78 is 7.44. The highest BCUT2D eigenvalue weighted by molar-refractivity contribution is 5.91. The Morgan fingerprint density at radius 2 is 2.17 bits per heavy atom. The summed E-state index contributed by atoms with van der Waals surface area (Å²) in [6, 6.07) is 13.8. The third kappa shape index (κ3) is 2.97. The van der Waals surface area contributed by atoms with Gasteiger partial charge in [0.1, 0.15) is 5.76 Å². The number of aromatic nitrogens is 2. The van der Waals surface area contributed by atoms with Gasteiger partial charge in [0.15, 0.2) is 5.76 Å². The number of benzene rings is 1. The Balaban J connectivity index is 1.46. The van der Waals surface area contributed by atoms with Crippen molar-refractivity contribution >= 4 is 5.91 Å². The van der Waals surface area contributed by atoms with Gasteiger partial charge in [0, 0.05) is 12.4 Å². The maximum atomic E-state index is 12.5. The number of amides is 1. The van der Waals surface area contributed by atoms with Gasteiger partial charge in [-0.1, -0.05) is 24.3 Å². The standard InChI is InChI=1S/C19H19N3O2/c23-19(18-10-9-15(24-18)13-22-12-4-11-20-22)21-17-8-3-6-14-5-1-2-7-16(14)17/h1-2,4-5,7,9-12,17H,3,6,8,13H2,(H,21,23). The first-order chi connectivity index (χ1) is 11.8. The molecule has 122 valence electrons. The molecule has 0 saturated heterocycles. The molecule has 0 spiro atoms. The van der Waals surface area contributed by atoms with Crippen LogP contribution in [0.2, 0.25) is 0 Å². The Hall–Kier alpha value is -2.82. The van der Waals surface area contributed by atoms with Gasteiger partial charge in [0.2, 0.25) is 0 Å². The zero-order valence-corrected chi connectivity index (χ0v) is 13.3. The Morgan fingerprint density at radius 3 is 3.04 bits per heavy atom. The number of fused-ring (bicyclic) bond motifs is 1. The van der Waals surface area contributed by atoms with E-state index in [0.29, 0.717) is 18.1 Å². The first kappa shape index (κ1) is 14.8. The van der Waals surface area contributed by atoms with Crippen LogP contribution in [0.1, 0.15) is 46.3 Å². The SMILES string of the molecule is O=C(NC1CCCc2ccccc21)c1ccc(Cn2cccn2)o1. The molecule has 0 fully saturated rings. The fraction of sp³-hybridized carbons (Fsp3) is 0.263. The third-order valence-corrected chi connectivity index (χ3v) is 4.44. The normalized spacial score (nSPS) is 16.6. The molecule has 0 bridgehead atoms. The summed E-state index contributed by atoms with van der Waals surface area (Å²) in [5.74, 6) is 0.900. The quantitative estimate of drug-likeness (QED) is 0.802. The minimum atomic E-state index is -0.164. The van der Waals surface area contributed by atoms with Crippen LogP contribution in [0.4, 0.5) is 0 Å². The van der Waals surface area contributed by atoms with Crippen molar-refractivity contribution in [2.45, 2.75) is 31.8 Å². The molecule has 1 atom stereocenters. The van der Waals surface area contributed by atoms with Gasteiger partial charge in [0.25, 0.3) is 5.91 Å². The van der Waals surface area contributed by atoms with Crippen molar-refractivity contribution in [1.29, 1.82) is 0 Å². The van der Waals surface area contributed by atoms with E-state index >= 15 is 0 Å².